The van der Waals surface area contributed by atoms with Crippen LogP contribution < -0.4 is 4.74 Å². The van der Waals surface area contributed by atoms with Crippen LogP contribution >= 0.6 is 0 Å². The molecule has 5 rings (SSSR count). The molecule has 158 valence electrons. The highest BCUT2D eigenvalue weighted by Gasteiger charge is 2.33. The van der Waals surface area contributed by atoms with Gasteiger partial charge in [0.25, 0.3) is 0 Å². The summed E-state index contributed by atoms with van der Waals surface area (Å²) in [6.45, 7) is 5.41. The highest BCUT2D eigenvalue weighted by molar-refractivity contribution is 5.93. The molecule has 3 aromatic carbocycles. The average molecular weight is 411 g/mol. The number of likely N-dealkylation sites (tertiary alicyclic amines) is 1. The zero-order valence-electron chi connectivity index (χ0n) is 18.4. The standard InChI is InChI=1S/C28H30N2O/c1-3-30-24-17-9-7-15-22(24)26(27(30)21-13-5-4-6-14-21)28(29-19-11-12-20-29)23-16-8-10-18-25(23)31-2/h4-10,13-18,28H,3,11-12,19-20H2,1-2H3. The predicted molar refractivity (Wildman–Crippen MR) is 129 cm³/mol. The highest BCUT2D eigenvalue weighted by atomic mass is 16.5. The molecule has 1 aliphatic rings. The van der Waals surface area contributed by atoms with E-state index in [1.807, 2.05) is 0 Å². The van der Waals surface area contributed by atoms with Gasteiger partial charge in [0.1, 0.15) is 5.75 Å². The van der Waals surface area contributed by atoms with Crippen molar-refractivity contribution in [3.8, 4) is 17.0 Å². The monoisotopic (exact) mass is 410 g/mol. The zero-order valence-corrected chi connectivity index (χ0v) is 18.4. The Morgan fingerprint density at radius 3 is 2.26 bits per heavy atom. The largest absolute Gasteiger partial charge is 0.496 e. The Hall–Kier alpha value is -3.04. The summed E-state index contributed by atoms with van der Waals surface area (Å²) in [5.74, 6) is 0.965. The van der Waals surface area contributed by atoms with E-state index < -0.39 is 0 Å². The Balaban J connectivity index is 1.86. The van der Waals surface area contributed by atoms with Gasteiger partial charge in [0.05, 0.1) is 18.8 Å². The lowest BCUT2D eigenvalue weighted by molar-refractivity contribution is 0.275. The second-order valence-electron chi connectivity index (χ2n) is 8.28. The van der Waals surface area contributed by atoms with Crippen LogP contribution in [0, 0.1) is 0 Å². The molecule has 31 heavy (non-hydrogen) atoms. The second-order valence-corrected chi connectivity index (χ2v) is 8.28. The molecule has 1 atom stereocenters. The van der Waals surface area contributed by atoms with Gasteiger partial charge in [-0.3, -0.25) is 4.90 Å². The first-order chi connectivity index (χ1) is 15.3. The topological polar surface area (TPSA) is 17.4 Å². The van der Waals surface area contributed by atoms with Crippen LogP contribution in [-0.2, 0) is 6.54 Å². The summed E-state index contributed by atoms with van der Waals surface area (Å²) in [4.78, 5) is 2.64. The van der Waals surface area contributed by atoms with Gasteiger partial charge in [-0.2, -0.15) is 0 Å². The van der Waals surface area contributed by atoms with Crippen molar-refractivity contribution >= 4 is 10.9 Å². The zero-order chi connectivity index (χ0) is 21.2. The van der Waals surface area contributed by atoms with Gasteiger partial charge in [-0.1, -0.05) is 66.7 Å². The molecule has 0 N–H and O–H groups in total. The van der Waals surface area contributed by atoms with E-state index in [1.54, 1.807) is 7.11 Å². The first-order valence-corrected chi connectivity index (χ1v) is 11.4. The Kier molecular flexibility index (Phi) is 5.52. The molecule has 1 aliphatic heterocycles. The van der Waals surface area contributed by atoms with Crippen LogP contribution in [0.5, 0.6) is 5.75 Å². The lowest BCUT2D eigenvalue weighted by Gasteiger charge is -2.30. The fourth-order valence-electron chi connectivity index (χ4n) is 5.27. The molecule has 3 nitrogen and oxygen atoms in total. The minimum Gasteiger partial charge on any atom is -0.496 e. The molecule has 0 amide bonds. The van der Waals surface area contributed by atoms with E-state index in [0.717, 1.165) is 25.4 Å². The van der Waals surface area contributed by atoms with E-state index in [-0.39, 0.29) is 6.04 Å². The average Bonchev–Trinajstić information content (AvgIpc) is 3.47. The van der Waals surface area contributed by atoms with Gasteiger partial charge >= 0.3 is 0 Å². The van der Waals surface area contributed by atoms with Crippen molar-refractivity contribution in [2.75, 3.05) is 20.2 Å². The molecule has 1 unspecified atom stereocenters. The van der Waals surface area contributed by atoms with Gasteiger partial charge in [0.15, 0.2) is 0 Å². The van der Waals surface area contributed by atoms with Crippen LogP contribution in [0.1, 0.15) is 36.9 Å². The number of methoxy groups -OCH3 is 1. The van der Waals surface area contributed by atoms with Crippen molar-refractivity contribution in [2.24, 2.45) is 0 Å². The number of fused-ring (bicyclic) bond motifs is 1. The van der Waals surface area contributed by atoms with Crippen molar-refractivity contribution in [3.05, 3.63) is 90.0 Å². The first kappa shape index (κ1) is 19.9. The second kappa shape index (κ2) is 8.60. The number of nitrogens with zero attached hydrogens (tertiary/aromatic N) is 2. The molecular formula is C28H30N2O. The molecule has 2 heterocycles. The maximum Gasteiger partial charge on any atom is 0.123 e. The van der Waals surface area contributed by atoms with Crippen LogP contribution in [-0.4, -0.2) is 29.7 Å². The number of para-hydroxylation sites is 2. The molecule has 0 spiro atoms. The number of hydrogen-bond acceptors (Lipinski definition) is 2. The van der Waals surface area contributed by atoms with Crippen LogP contribution in [0.4, 0.5) is 0 Å². The van der Waals surface area contributed by atoms with E-state index >= 15 is 0 Å². The van der Waals surface area contributed by atoms with Crippen molar-refractivity contribution in [2.45, 2.75) is 32.4 Å². The molecule has 0 saturated carbocycles. The summed E-state index contributed by atoms with van der Waals surface area (Å²) in [5, 5.41) is 1.34. The van der Waals surface area contributed by atoms with Crippen molar-refractivity contribution in [3.63, 3.8) is 0 Å². The summed E-state index contributed by atoms with van der Waals surface area (Å²) >= 11 is 0. The van der Waals surface area contributed by atoms with Crippen LogP contribution in [0.15, 0.2) is 78.9 Å². The summed E-state index contributed by atoms with van der Waals surface area (Å²) in [6, 6.07) is 28.5. The number of benzene rings is 3. The van der Waals surface area contributed by atoms with Gasteiger partial charge in [-0.05, 0) is 50.6 Å². The SMILES string of the molecule is CCn1c(-c2ccccc2)c(C(c2ccccc2OC)N2CCCC2)c2ccccc21. The molecule has 4 aromatic rings. The summed E-state index contributed by atoms with van der Waals surface area (Å²) in [5.41, 5.74) is 6.55. The molecule has 3 heteroatoms. The minimum absolute atomic E-state index is 0.159. The lowest BCUT2D eigenvalue weighted by Crippen LogP contribution is -2.27. The Morgan fingerprint density at radius 1 is 0.839 bits per heavy atom. The molecule has 0 bridgehead atoms. The van der Waals surface area contributed by atoms with E-state index in [0.29, 0.717) is 0 Å². The van der Waals surface area contributed by atoms with Gasteiger partial charge in [-0.25, -0.2) is 0 Å². The maximum absolute atomic E-state index is 5.86. The molecule has 0 aliphatic carbocycles. The third-order valence-electron chi connectivity index (χ3n) is 6.59. The number of aromatic nitrogens is 1. The Bertz CT molecular complexity index is 1170. The van der Waals surface area contributed by atoms with Crippen LogP contribution in [0.25, 0.3) is 22.2 Å². The van der Waals surface area contributed by atoms with Gasteiger partial charge in [0, 0.05) is 28.6 Å². The smallest absolute Gasteiger partial charge is 0.123 e. The number of rotatable bonds is 6. The third-order valence-corrected chi connectivity index (χ3v) is 6.59. The molecule has 1 saturated heterocycles. The van der Waals surface area contributed by atoms with Crippen molar-refractivity contribution < 1.29 is 4.74 Å². The van der Waals surface area contributed by atoms with Crippen LogP contribution in [0.3, 0.4) is 0 Å². The van der Waals surface area contributed by atoms with Gasteiger partial charge in [0.2, 0.25) is 0 Å². The normalized spacial score (nSPS) is 15.4. The fraction of sp³-hybridized carbons (Fsp3) is 0.286. The summed E-state index contributed by atoms with van der Waals surface area (Å²) in [7, 11) is 1.79. The van der Waals surface area contributed by atoms with Crippen molar-refractivity contribution in [1.82, 2.24) is 9.47 Å². The lowest BCUT2D eigenvalue weighted by atomic mass is 9.91. The van der Waals surface area contributed by atoms with E-state index in [2.05, 4.69) is 95.3 Å². The molecule has 1 aromatic heterocycles. The highest BCUT2D eigenvalue weighted by Crippen LogP contribution is 2.45. The van der Waals surface area contributed by atoms with Crippen molar-refractivity contribution in [1.29, 1.82) is 0 Å². The van der Waals surface area contributed by atoms with E-state index in [9.17, 15) is 0 Å². The number of hydrogen-bond donors (Lipinski definition) is 0. The van der Waals surface area contributed by atoms with E-state index in [1.165, 1.54) is 46.1 Å². The summed E-state index contributed by atoms with van der Waals surface area (Å²) < 4.78 is 8.35. The Morgan fingerprint density at radius 2 is 1.52 bits per heavy atom. The number of ether oxygens (including phenoxy) is 1. The maximum atomic E-state index is 5.86. The quantitative estimate of drug-likeness (QED) is 0.360. The minimum atomic E-state index is 0.159. The van der Waals surface area contributed by atoms with Gasteiger partial charge < -0.3 is 9.30 Å². The molecule has 0 radical (unpaired) electrons. The third kappa shape index (κ3) is 3.43. The number of aryl methyl sites for hydroxylation is 1. The molecule has 1 fully saturated rings. The predicted octanol–water partition coefficient (Wildman–Crippen LogP) is 6.52. The van der Waals surface area contributed by atoms with Crippen LogP contribution in [0.2, 0.25) is 0 Å². The van der Waals surface area contributed by atoms with Gasteiger partial charge in [-0.15, -0.1) is 0 Å². The first-order valence-electron chi connectivity index (χ1n) is 11.4. The fourth-order valence-corrected chi connectivity index (χ4v) is 5.27. The molecular weight excluding hydrogens is 380 g/mol. The summed E-state index contributed by atoms with van der Waals surface area (Å²) in [6.07, 6.45) is 2.50. The van der Waals surface area contributed by atoms with E-state index in [4.69, 9.17) is 4.74 Å². The Labute approximate surface area is 184 Å².